The van der Waals surface area contributed by atoms with Gasteiger partial charge in [-0.2, -0.15) is 16.4 Å². The summed E-state index contributed by atoms with van der Waals surface area (Å²) in [7, 11) is 1.95. The molecule has 2 heterocycles. The molecule has 0 atom stereocenters. The minimum absolute atomic E-state index is 0.884. The third-order valence-corrected chi connectivity index (χ3v) is 3.07. The van der Waals surface area contributed by atoms with E-state index in [2.05, 4.69) is 33.4 Å². The first-order valence-electron chi connectivity index (χ1n) is 4.96. The molecule has 2 aromatic heterocycles. The number of hydrogen-bond donors (Lipinski definition) is 1. The number of thiophene rings is 1. The van der Waals surface area contributed by atoms with Gasteiger partial charge in [0.2, 0.25) is 0 Å². The van der Waals surface area contributed by atoms with Crippen molar-refractivity contribution in [1.82, 2.24) is 15.1 Å². The smallest absolute Gasteiger partial charge is 0.0638 e. The third-order valence-electron chi connectivity index (χ3n) is 2.34. The maximum atomic E-state index is 4.31. The van der Waals surface area contributed by atoms with Crippen molar-refractivity contribution in [1.29, 1.82) is 0 Å². The fraction of sp³-hybridized carbons (Fsp3) is 0.364. The highest BCUT2D eigenvalue weighted by atomic mass is 32.1. The largest absolute Gasteiger partial charge is 0.308 e. The molecule has 2 rings (SSSR count). The highest BCUT2D eigenvalue weighted by Gasteiger charge is 2.01. The standard InChI is InChI=1S/C11H15N3S/c1-9-11(7-14(2)13-9)6-12-5-10-3-4-15-8-10/h3-4,7-8,12H,5-6H2,1-2H3. The van der Waals surface area contributed by atoms with Crippen molar-refractivity contribution in [3.8, 4) is 0 Å². The summed E-state index contributed by atoms with van der Waals surface area (Å²) in [6, 6.07) is 2.15. The van der Waals surface area contributed by atoms with Gasteiger partial charge in [-0.15, -0.1) is 0 Å². The van der Waals surface area contributed by atoms with Gasteiger partial charge in [0.1, 0.15) is 0 Å². The molecule has 0 bridgehead atoms. The fourth-order valence-electron chi connectivity index (χ4n) is 1.56. The molecule has 1 N–H and O–H groups in total. The van der Waals surface area contributed by atoms with Crippen LogP contribution in [0.3, 0.4) is 0 Å². The van der Waals surface area contributed by atoms with Crippen molar-refractivity contribution in [3.05, 3.63) is 39.8 Å². The molecule has 0 aliphatic rings. The monoisotopic (exact) mass is 221 g/mol. The van der Waals surface area contributed by atoms with Crippen molar-refractivity contribution < 1.29 is 0 Å². The molecule has 0 spiro atoms. The van der Waals surface area contributed by atoms with Crippen molar-refractivity contribution in [2.75, 3.05) is 0 Å². The van der Waals surface area contributed by atoms with E-state index in [9.17, 15) is 0 Å². The summed E-state index contributed by atoms with van der Waals surface area (Å²) in [5.41, 5.74) is 3.73. The first kappa shape index (κ1) is 10.4. The maximum Gasteiger partial charge on any atom is 0.0638 e. The zero-order valence-corrected chi connectivity index (χ0v) is 9.84. The Morgan fingerprint density at radius 3 is 2.93 bits per heavy atom. The molecule has 2 aromatic rings. The SMILES string of the molecule is Cc1nn(C)cc1CNCc1ccsc1. The molecule has 15 heavy (non-hydrogen) atoms. The highest BCUT2D eigenvalue weighted by molar-refractivity contribution is 7.07. The van der Waals surface area contributed by atoms with E-state index in [1.165, 1.54) is 11.1 Å². The minimum Gasteiger partial charge on any atom is -0.308 e. The van der Waals surface area contributed by atoms with E-state index in [4.69, 9.17) is 0 Å². The average Bonchev–Trinajstić information content (AvgIpc) is 2.77. The van der Waals surface area contributed by atoms with Gasteiger partial charge in [-0.25, -0.2) is 0 Å². The first-order valence-corrected chi connectivity index (χ1v) is 5.91. The summed E-state index contributed by atoms with van der Waals surface area (Å²) in [5, 5.41) is 12.0. The van der Waals surface area contributed by atoms with Gasteiger partial charge in [0.05, 0.1) is 5.69 Å². The Bertz CT molecular complexity index is 417. The Kier molecular flexibility index (Phi) is 3.18. The van der Waals surface area contributed by atoms with Crippen LogP contribution in [0.4, 0.5) is 0 Å². The molecule has 0 fully saturated rings. The fourth-order valence-corrected chi connectivity index (χ4v) is 2.23. The Labute approximate surface area is 93.7 Å². The van der Waals surface area contributed by atoms with Gasteiger partial charge in [0.15, 0.2) is 0 Å². The summed E-state index contributed by atoms with van der Waals surface area (Å²) < 4.78 is 1.86. The minimum atomic E-state index is 0.884. The average molecular weight is 221 g/mol. The van der Waals surface area contributed by atoms with Gasteiger partial charge in [-0.3, -0.25) is 4.68 Å². The summed E-state index contributed by atoms with van der Waals surface area (Å²) in [6.07, 6.45) is 2.07. The van der Waals surface area contributed by atoms with Crippen LogP contribution in [0.5, 0.6) is 0 Å². The van der Waals surface area contributed by atoms with E-state index in [0.29, 0.717) is 0 Å². The molecule has 0 aliphatic heterocycles. The van der Waals surface area contributed by atoms with Crippen LogP contribution < -0.4 is 5.32 Å². The highest BCUT2D eigenvalue weighted by Crippen LogP contribution is 2.07. The van der Waals surface area contributed by atoms with E-state index >= 15 is 0 Å². The van der Waals surface area contributed by atoms with Crippen LogP contribution >= 0.6 is 11.3 Å². The van der Waals surface area contributed by atoms with E-state index in [1.54, 1.807) is 11.3 Å². The van der Waals surface area contributed by atoms with E-state index in [0.717, 1.165) is 18.8 Å². The Hall–Kier alpha value is -1.13. The van der Waals surface area contributed by atoms with Gasteiger partial charge in [0, 0.05) is 31.9 Å². The second-order valence-electron chi connectivity index (χ2n) is 3.65. The van der Waals surface area contributed by atoms with Gasteiger partial charge in [-0.1, -0.05) is 0 Å². The predicted octanol–water partition coefficient (Wildman–Crippen LogP) is 2.08. The Balaban J connectivity index is 1.86. The summed E-state index contributed by atoms with van der Waals surface area (Å²) in [6.45, 7) is 3.86. The van der Waals surface area contributed by atoms with Crippen LogP contribution in [0.25, 0.3) is 0 Å². The third kappa shape index (κ3) is 2.67. The van der Waals surface area contributed by atoms with Crippen LogP contribution in [0.2, 0.25) is 0 Å². The van der Waals surface area contributed by atoms with Gasteiger partial charge >= 0.3 is 0 Å². The number of aryl methyl sites for hydroxylation is 2. The van der Waals surface area contributed by atoms with Gasteiger partial charge < -0.3 is 5.32 Å². The molecule has 3 nitrogen and oxygen atoms in total. The molecule has 0 radical (unpaired) electrons. The predicted molar refractivity (Wildman–Crippen MR) is 62.8 cm³/mol. The molecule has 0 aliphatic carbocycles. The number of nitrogens with zero attached hydrogens (tertiary/aromatic N) is 2. The number of hydrogen-bond acceptors (Lipinski definition) is 3. The molecule has 0 amide bonds. The van der Waals surface area contributed by atoms with Crippen LogP contribution in [-0.2, 0) is 20.1 Å². The molecule has 4 heteroatoms. The molecular formula is C11H15N3S. The van der Waals surface area contributed by atoms with Crippen molar-refractivity contribution in [2.24, 2.45) is 7.05 Å². The van der Waals surface area contributed by atoms with Crippen molar-refractivity contribution in [2.45, 2.75) is 20.0 Å². The van der Waals surface area contributed by atoms with Crippen molar-refractivity contribution in [3.63, 3.8) is 0 Å². The van der Waals surface area contributed by atoms with Crippen LogP contribution in [0, 0.1) is 6.92 Å². The Morgan fingerprint density at radius 2 is 2.33 bits per heavy atom. The second-order valence-corrected chi connectivity index (χ2v) is 4.43. The van der Waals surface area contributed by atoms with Gasteiger partial charge in [0.25, 0.3) is 0 Å². The van der Waals surface area contributed by atoms with Gasteiger partial charge in [-0.05, 0) is 29.3 Å². The normalized spacial score (nSPS) is 10.8. The van der Waals surface area contributed by atoms with Crippen molar-refractivity contribution >= 4 is 11.3 Å². The zero-order chi connectivity index (χ0) is 10.7. The number of nitrogens with one attached hydrogen (secondary N) is 1. The summed E-state index contributed by atoms with van der Waals surface area (Å²) >= 11 is 1.74. The first-order chi connectivity index (χ1) is 7.25. The second kappa shape index (κ2) is 4.59. The Morgan fingerprint density at radius 1 is 1.47 bits per heavy atom. The zero-order valence-electron chi connectivity index (χ0n) is 9.03. The molecule has 80 valence electrons. The number of rotatable bonds is 4. The molecule has 0 saturated carbocycles. The van der Waals surface area contributed by atoms with Crippen LogP contribution in [0.1, 0.15) is 16.8 Å². The molecule has 0 saturated heterocycles. The molecular weight excluding hydrogens is 206 g/mol. The van der Waals surface area contributed by atoms with E-state index < -0.39 is 0 Å². The molecule has 0 unspecified atom stereocenters. The number of aromatic nitrogens is 2. The topological polar surface area (TPSA) is 29.9 Å². The quantitative estimate of drug-likeness (QED) is 0.856. The van der Waals surface area contributed by atoms with E-state index in [1.807, 2.05) is 18.7 Å². The summed E-state index contributed by atoms with van der Waals surface area (Å²) in [5.74, 6) is 0. The lowest BCUT2D eigenvalue weighted by Crippen LogP contribution is -2.12. The van der Waals surface area contributed by atoms with E-state index in [-0.39, 0.29) is 0 Å². The maximum absolute atomic E-state index is 4.31. The van der Waals surface area contributed by atoms with Crippen LogP contribution in [-0.4, -0.2) is 9.78 Å². The van der Waals surface area contributed by atoms with Crippen LogP contribution in [0.15, 0.2) is 23.0 Å². The lowest BCUT2D eigenvalue weighted by atomic mass is 10.2. The lowest BCUT2D eigenvalue weighted by Gasteiger charge is -2.01. The molecule has 0 aromatic carbocycles. The lowest BCUT2D eigenvalue weighted by molar-refractivity contribution is 0.691. The summed E-state index contributed by atoms with van der Waals surface area (Å²) in [4.78, 5) is 0.